The highest BCUT2D eigenvalue weighted by atomic mass is 15.2. The molecule has 0 bridgehead atoms. The zero-order chi connectivity index (χ0) is 13.0. The molecule has 0 amide bonds. The lowest BCUT2D eigenvalue weighted by molar-refractivity contribution is 0.546. The van der Waals surface area contributed by atoms with Crippen LogP contribution in [-0.4, -0.2) is 18.1 Å². The Kier molecular flexibility index (Phi) is 4.59. The number of hydrogen-bond acceptors (Lipinski definition) is 3. The highest BCUT2D eigenvalue weighted by molar-refractivity contribution is 5.48. The molecule has 1 aliphatic rings. The van der Waals surface area contributed by atoms with Crippen LogP contribution in [0.5, 0.6) is 0 Å². The first-order chi connectivity index (χ1) is 8.70. The molecule has 100 valence electrons. The summed E-state index contributed by atoms with van der Waals surface area (Å²) in [7, 11) is 2.17. The Hall–Kier alpha value is -1.09. The molecule has 0 saturated heterocycles. The molecule has 0 unspecified atom stereocenters. The normalized spacial score (nSPS) is 19.3. The van der Waals surface area contributed by atoms with Gasteiger partial charge in [0.15, 0.2) is 0 Å². The summed E-state index contributed by atoms with van der Waals surface area (Å²) in [6, 6.07) is 4.74. The summed E-state index contributed by atoms with van der Waals surface area (Å²) in [5, 5.41) is 0. The van der Waals surface area contributed by atoms with Crippen molar-refractivity contribution < 1.29 is 0 Å². The van der Waals surface area contributed by atoms with Gasteiger partial charge in [-0.1, -0.05) is 31.7 Å². The van der Waals surface area contributed by atoms with Gasteiger partial charge in [0.2, 0.25) is 0 Å². The SMILES string of the molecule is C[C@@H](N)c1cccnc1N(C)C1CCCCCC1. The van der Waals surface area contributed by atoms with E-state index in [1.165, 1.54) is 38.5 Å². The zero-order valence-electron chi connectivity index (χ0n) is 11.6. The maximum Gasteiger partial charge on any atom is 0.133 e. The van der Waals surface area contributed by atoms with E-state index < -0.39 is 0 Å². The Labute approximate surface area is 110 Å². The van der Waals surface area contributed by atoms with Crippen molar-refractivity contribution in [2.45, 2.75) is 57.5 Å². The maximum absolute atomic E-state index is 6.05. The monoisotopic (exact) mass is 247 g/mol. The first-order valence-corrected chi connectivity index (χ1v) is 7.13. The van der Waals surface area contributed by atoms with Gasteiger partial charge in [-0.3, -0.25) is 0 Å². The van der Waals surface area contributed by atoms with Crippen LogP contribution in [0, 0.1) is 0 Å². The first kappa shape index (κ1) is 13.3. The Morgan fingerprint density at radius 3 is 2.56 bits per heavy atom. The van der Waals surface area contributed by atoms with Gasteiger partial charge in [0.05, 0.1) is 0 Å². The molecule has 1 aromatic rings. The van der Waals surface area contributed by atoms with E-state index in [0.717, 1.165) is 11.4 Å². The number of nitrogens with zero attached hydrogens (tertiary/aromatic N) is 2. The van der Waals surface area contributed by atoms with Crippen LogP contribution in [0.4, 0.5) is 5.82 Å². The molecule has 1 saturated carbocycles. The molecule has 1 heterocycles. The Morgan fingerprint density at radius 2 is 1.94 bits per heavy atom. The molecular weight excluding hydrogens is 222 g/mol. The summed E-state index contributed by atoms with van der Waals surface area (Å²) in [5.74, 6) is 1.07. The average molecular weight is 247 g/mol. The predicted molar refractivity (Wildman–Crippen MR) is 76.7 cm³/mol. The summed E-state index contributed by atoms with van der Waals surface area (Å²) < 4.78 is 0. The molecule has 3 heteroatoms. The van der Waals surface area contributed by atoms with E-state index in [4.69, 9.17) is 5.73 Å². The van der Waals surface area contributed by atoms with Gasteiger partial charge in [0, 0.05) is 30.9 Å². The van der Waals surface area contributed by atoms with Crippen molar-refractivity contribution in [1.29, 1.82) is 0 Å². The molecule has 2 rings (SSSR count). The summed E-state index contributed by atoms with van der Waals surface area (Å²) in [6.07, 6.45) is 9.88. The number of nitrogens with two attached hydrogens (primary N) is 1. The minimum absolute atomic E-state index is 0.0435. The van der Waals surface area contributed by atoms with E-state index in [1.807, 2.05) is 19.2 Å². The quantitative estimate of drug-likeness (QED) is 0.834. The van der Waals surface area contributed by atoms with Crippen molar-refractivity contribution in [2.24, 2.45) is 5.73 Å². The Bertz CT molecular complexity index is 368. The standard InChI is InChI=1S/C15H25N3/c1-12(16)14-10-7-11-17-15(14)18(2)13-8-5-3-4-6-9-13/h7,10-13H,3-6,8-9,16H2,1-2H3/t12-/m1/s1. The second kappa shape index (κ2) is 6.19. The number of pyridine rings is 1. The van der Waals surface area contributed by atoms with Crippen molar-refractivity contribution in [3.05, 3.63) is 23.9 Å². The van der Waals surface area contributed by atoms with Crippen LogP contribution in [-0.2, 0) is 0 Å². The molecule has 0 spiro atoms. The van der Waals surface area contributed by atoms with Gasteiger partial charge in [-0.05, 0) is 25.8 Å². The molecular formula is C15H25N3. The van der Waals surface area contributed by atoms with Gasteiger partial charge in [-0.15, -0.1) is 0 Å². The van der Waals surface area contributed by atoms with Crippen molar-refractivity contribution in [3.8, 4) is 0 Å². The number of aromatic nitrogens is 1. The average Bonchev–Trinajstić information content (AvgIpc) is 2.66. The molecule has 0 aromatic carbocycles. The third kappa shape index (κ3) is 3.02. The highest BCUT2D eigenvalue weighted by Crippen LogP contribution is 2.28. The Balaban J connectivity index is 2.19. The van der Waals surface area contributed by atoms with Gasteiger partial charge < -0.3 is 10.6 Å². The van der Waals surface area contributed by atoms with Crippen LogP contribution < -0.4 is 10.6 Å². The minimum Gasteiger partial charge on any atom is -0.356 e. The molecule has 1 fully saturated rings. The molecule has 2 N–H and O–H groups in total. The van der Waals surface area contributed by atoms with E-state index in [2.05, 4.69) is 23.0 Å². The zero-order valence-corrected chi connectivity index (χ0v) is 11.6. The van der Waals surface area contributed by atoms with Gasteiger partial charge in [0.25, 0.3) is 0 Å². The van der Waals surface area contributed by atoms with Crippen LogP contribution in [0.25, 0.3) is 0 Å². The number of hydrogen-bond donors (Lipinski definition) is 1. The Morgan fingerprint density at radius 1 is 1.28 bits per heavy atom. The summed E-state index contributed by atoms with van der Waals surface area (Å²) in [5.41, 5.74) is 7.20. The van der Waals surface area contributed by atoms with Crippen LogP contribution in [0.15, 0.2) is 18.3 Å². The molecule has 18 heavy (non-hydrogen) atoms. The maximum atomic E-state index is 6.05. The summed E-state index contributed by atoms with van der Waals surface area (Å²) in [4.78, 5) is 6.90. The molecule has 0 aliphatic heterocycles. The lowest BCUT2D eigenvalue weighted by Crippen LogP contribution is -2.33. The largest absolute Gasteiger partial charge is 0.356 e. The van der Waals surface area contributed by atoms with E-state index >= 15 is 0 Å². The molecule has 1 aromatic heterocycles. The lowest BCUT2D eigenvalue weighted by Gasteiger charge is -2.30. The number of anilines is 1. The predicted octanol–water partition coefficient (Wildman–Crippen LogP) is 3.26. The van der Waals surface area contributed by atoms with E-state index in [0.29, 0.717) is 6.04 Å². The van der Waals surface area contributed by atoms with Gasteiger partial charge >= 0.3 is 0 Å². The van der Waals surface area contributed by atoms with Crippen molar-refractivity contribution in [2.75, 3.05) is 11.9 Å². The van der Waals surface area contributed by atoms with Crippen LogP contribution in [0.3, 0.4) is 0 Å². The molecule has 3 nitrogen and oxygen atoms in total. The fraction of sp³-hybridized carbons (Fsp3) is 0.667. The topological polar surface area (TPSA) is 42.1 Å². The minimum atomic E-state index is 0.0435. The third-order valence-electron chi connectivity index (χ3n) is 4.01. The molecule has 1 aliphatic carbocycles. The summed E-state index contributed by atoms with van der Waals surface area (Å²) in [6.45, 7) is 2.03. The molecule has 1 atom stereocenters. The van der Waals surface area contributed by atoms with E-state index in [9.17, 15) is 0 Å². The number of rotatable bonds is 3. The second-order valence-corrected chi connectivity index (χ2v) is 5.46. The fourth-order valence-corrected chi connectivity index (χ4v) is 2.88. The van der Waals surface area contributed by atoms with Crippen LogP contribution in [0.1, 0.15) is 57.1 Å². The van der Waals surface area contributed by atoms with Crippen LogP contribution >= 0.6 is 0 Å². The lowest BCUT2D eigenvalue weighted by atomic mass is 10.1. The van der Waals surface area contributed by atoms with Gasteiger partial charge in [-0.25, -0.2) is 4.98 Å². The fourth-order valence-electron chi connectivity index (χ4n) is 2.88. The van der Waals surface area contributed by atoms with Crippen molar-refractivity contribution in [1.82, 2.24) is 4.98 Å². The summed E-state index contributed by atoms with van der Waals surface area (Å²) >= 11 is 0. The van der Waals surface area contributed by atoms with Crippen LogP contribution in [0.2, 0.25) is 0 Å². The smallest absolute Gasteiger partial charge is 0.133 e. The van der Waals surface area contributed by atoms with Gasteiger partial charge in [0.1, 0.15) is 5.82 Å². The van der Waals surface area contributed by atoms with Gasteiger partial charge in [-0.2, -0.15) is 0 Å². The van der Waals surface area contributed by atoms with E-state index in [1.54, 1.807) is 0 Å². The van der Waals surface area contributed by atoms with E-state index in [-0.39, 0.29) is 6.04 Å². The van der Waals surface area contributed by atoms with Crippen molar-refractivity contribution >= 4 is 5.82 Å². The molecule has 0 radical (unpaired) electrons. The third-order valence-corrected chi connectivity index (χ3v) is 4.01. The second-order valence-electron chi connectivity index (χ2n) is 5.46. The van der Waals surface area contributed by atoms with Crippen molar-refractivity contribution in [3.63, 3.8) is 0 Å². The highest BCUT2D eigenvalue weighted by Gasteiger charge is 2.20. The first-order valence-electron chi connectivity index (χ1n) is 7.13.